The lowest BCUT2D eigenvalue weighted by atomic mass is 10.2. The van der Waals surface area contributed by atoms with Gasteiger partial charge in [0.1, 0.15) is 10.8 Å². The molecule has 4 nitrogen and oxygen atoms in total. The van der Waals surface area contributed by atoms with Crippen LogP contribution in [0.25, 0.3) is 0 Å². The predicted octanol–water partition coefficient (Wildman–Crippen LogP) is 2.21. The molecule has 1 atom stereocenters. The summed E-state index contributed by atoms with van der Waals surface area (Å²) in [7, 11) is 0. The first kappa shape index (κ1) is 13.4. The topological polar surface area (TPSA) is 65.1 Å². The SMILES string of the molecule is CC(CCCO)NC(=O)c1cc(Cl)c(Cl)[nH]1. The first-order valence-corrected chi connectivity index (χ1v) is 5.76. The molecule has 1 aromatic rings. The van der Waals surface area contributed by atoms with E-state index in [2.05, 4.69) is 10.3 Å². The van der Waals surface area contributed by atoms with E-state index in [1.807, 2.05) is 6.92 Å². The van der Waals surface area contributed by atoms with E-state index in [1.165, 1.54) is 6.07 Å². The Kier molecular flexibility index (Phi) is 5.12. The Hall–Kier alpha value is -0.710. The van der Waals surface area contributed by atoms with Crippen LogP contribution in [0.5, 0.6) is 0 Å². The zero-order chi connectivity index (χ0) is 12.1. The van der Waals surface area contributed by atoms with Crippen molar-refractivity contribution in [2.45, 2.75) is 25.8 Å². The third kappa shape index (κ3) is 3.70. The molecule has 16 heavy (non-hydrogen) atoms. The fraction of sp³-hybridized carbons (Fsp3) is 0.500. The predicted molar refractivity (Wildman–Crippen MR) is 64.1 cm³/mol. The van der Waals surface area contributed by atoms with Gasteiger partial charge in [0.25, 0.3) is 5.91 Å². The van der Waals surface area contributed by atoms with Gasteiger partial charge in [-0.1, -0.05) is 23.2 Å². The zero-order valence-corrected chi connectivity index (χ0v) is 10.4. The number of aliphatic hydroxyl groups is 1. The Morgan fingerprint density at radius 2 is 2.31 bits per heavy atom. The number of rotatable bonds is 5. The van der Waals surface area contributed by atoms with E-state index >= 15 is 0 Å². The van der Waals surface area contributed by atoms with Crippen molar-refractivity contribution in [1.29, 1.82) is 0 Å². The standard InChI is InChI=1S/C10H14Cl2N2O2/c1-6(3-2-4-15)13-10(16)8-5-7(11)9(12)14-8/h5-6,14-15H,2-4H2,1H3,(H,13,16). The molecule has 3 N–H and O–H groups in total. The lowest BCUT2D eigenvalue weighted by Gasteiger charge is -2.12. The fourth-order valence-electron chi connectivity index (χ4n) is 1.30. The molecule has 1 unspecified atom stereocenters. The molecule has 0 saturated heterocycles. The van der Waals surface area contributed by atoms with Crippen molar-refractivity contribution in [2.24, 2.45) is 0 Å². The molecule has 1 heterocycles. The van der Waals surface area contributed by atoms with Gasteiger partial charge in [0.05, 0.1) is 5.02 Å². The summed E-state index contributed by atoms with van der Waals surface area (Å²) in [6.45, 7) is 2.00. The normalized spacial score (nSPS) is 12.5. The second-order valence-electron chi connectivity index (χ2n) is 3.59. The van der Waals surface area contributed by atoms with Crippen molar-refractivity contribution in [3.8, 4) is 0 Å². The Balaban J connectivity index is 2.52. The molecule has 0 saturated carbocycles. The molecule has 0 fully saturated rings. The first-order chi connectivity index (χ1) is 7.54. The molecule has 0 radical (unpaired) electrons. The number of aromatic amines is 1. The van der Waals surface area contributed by atoms with Crippen molar-refractivity contribution in [2.75, 3.05) is 6.61 Å². The highest BCUT2D eigenvalue weighted by Crippen LogP contribution is 2.21. The van der Waals surface area contributed by atoms with E-state index in [0.29, 0.717) is 17.1 Å². The summed E-state index contributed by atoms with van der Waals surface area (Å²) in [4.78, 5) is 14.3. The van der Waals surface area contributed by atoms with Crippen LogP contribution in [0.15, 0.2) is 6.07 Å². The number of halogens is 2. The molecule has 1 rings (SSSR count). The molecule has 0 aliphatic heterocycles. The average Bonchev–Trinajstić information content (AvgIpc) is 2.56. The highest BCUT2D eigenvalue weighted by molar-refractivity contribution is 6.41. The number of hydrogen-bond donors (Lipinski definition) is 3. The molecule has 0 aliphatic carbocycles. The van der Waals surface area contributed by atoms with Crippen molar-refractivity contribution in [3.63, 3.8) is 0 Å². The van der Waals surface area contributed by atoms with E-state index in [-0.39, 0.29) is 23.7 Å². The van der Waals surface area contributed by atoms with Crippen LogP contribution in [-0.2, 0) is 0 Å². The summed E-state index contributed by atoms with van der Waals surface area (Å²) in [6, 6.07) is 1.48. The zero-order valence-electron chi connectivity index (χ0n) is 8.89. The fourth-order valence-corrected chi connectivity index (χ4v) is 1.61. The van der Waals surface area contributed by atoms with Crippen molar-refractivity contribution in [3.05, 3.63) is 21.9 Å². The van der Waals surface area contributed by atoms with Gasteiger partial charge >= 0.3 is 0 Å². The number of carbonyl (C=O) groups is 1. The summed E-state index contributed by atoms with van der Waals surface area (Å²) >= 11 is 11.4. The van der Waals surface area contributed by atoms with E-state index in [4.69, 9.17) is 28.3 Å². The van der Waals surface area contributed by atoms with Crippen LogP contribution in [0.1, 0.15) is 30.3 Å². The van der Waals surface area contributed by atoms with Crippen LogP contribution in [0.4, 0.5) is 0 Å². The number of amides is 1. The summed E-state index contributed by atoms with van der Waals surface area (Å²) in [5.41, 5.74) is 0.339. The molecular weight excluding hydrogens is 251 g/mol. The molecule has 1 amide bonds. The van der Waals surface area contributed by atoms with E-state index in [9.17, 15) is 4.79 Å². The Morgan fingerprint density at radius 3 is 2.81 bits per heavy atom. The van der Waals surface area contributed by atoms with Crippen molar-refractivity contribution in [1.82, 2.24) is 10.3 Å². The lowest BCUT2D eigenvalue weighted by molar-refractivity contribution is 0.0932. The third-order valence-corrected chi connectivity index (χ3v) is 2.84. The van der Waals surface area contributed by atoms with Crippen LogP contribution in [0, 0.1) is 0 Å². The van der Waals surface area contributed by atoms with Crippen LogP contribution in [0.2, 0.25) is 10.2 Å². The highest BCUT2D eigenvalue weighted by atomic mass is 35.5. The number of aromatic nitrogens is 1. The number of aliphatic hydroxyl groups excluding tert-OH is 1. The highest BCUT2D eigenvalue weighted by Gasteiger charge is 2.13. The maximum Gasteiger partial charge on any atom is 0.267 e. The van der Waals surface area contributed by atoms with E-state index < -0.39 is 0 Å². The van der Waals surface area contributed by atoms with Gasteiger partial charge in [-0.25, -0.2) is 0 Å². The summed E-state index contributed by atoms with van der Waals surface area (Å²) in [5, 5.41) is 12.0. The van der Waals surface area contributed by atoms with Gasteiger partial charge in [0.15, 0.2) is 0 Å². The molecule has 90 valence electrons. The summed E-state index contributed by atoms with van der Waals surface area (Å²) in [5.74, 6) is -0.251. The number of hydrogen-bond acceptors (Lipinski definition) is 2. The van der Waals surface area contributed by atoms with Gasteiger partial charge in [-0.3, -0.25) is 4.79 Å². The maximum atomic E-state index is 11.7. The molecule has 0 bridgehead atoms. The molecule has 0 aromatic carbocycles. The Bertz CT molecular complexity index is 346. The molecule has 1 aromatic heterocycles. The Labute approximate surface area is 104 Å². The largest absolute Gasteiger partial charge is 0.396 e. The molecule has 0 aliphatic rings. The van der Waals surface area contributed by atoms with Crippen LogP contribution < -0.4 is 5.32 Å². The lowest BCUT2D eigenvalue weighted by Crippen LogP contribution is -2.32. The van der Waals surface area contributed by atoms with Gasteiger partial charge in [-0.2, -0.15) is 0 Å². The second kappa shape index (κ2) is 6.13. The quantitative estimate of drug-likeness (QED) is 0.764. The number of H-pyrrole nitrogens is 1. The maximum absolute atomic E-state index is 11.7. The molecular formula is C10H14Cl2N2O2. The van der Waals surface area contributed by atoms with E-state index in [1.54, 1.807) is 0 Å². The van der Waals surface area contributed by atoms with Crippen LogP contribution in [-0.4, -0.2) is 28.6 Å². The second-order valence-corrected chi connectivity index (χ2v) is 4.37. The molecule has 6 heteroatoms. The van der Waals surface area contributed by atoms with Crippen molar-refractivity contribution >= 4 is 29.1 Å². The third-order valence-electron chi connectivity index (χ3n) is 2.14. The monoisotopic (exact) mass is 264 g/mol. The van der Waals surface area contributed by atoms with E-state index in [0.717, 1.165) is 6.42 Å². The number of nitrogens with one attached hydrogen (secondary N) is 2. The minimum Gasteiger partial charge on any atom is -0.396 e. The minimum absolute atomic E-state index is 0.000464. The van der Waals surface area contributed by atoms with Gasteiger partial charge < -0.3 is 15.4 Å². The van der Waals surface area contributed by atoms with Gasteiger partial charge in [-0.05, 0) is 25.8 Å². The summed E-state index contributed by atoms with van der Waals surface area (Å²) < 4.78 is 0. The van der Waals surface area contributed by atoms with Crippen molar-refractivity contribution < 1.29 is 9.90 Å². The molecule has 0 spiro atoms. The van der Waals surface area contributed by atoms with Gasteiger partial charge in [0.2, 0.25) is 0 Å². The Morgan fingerprint density at radius 1 is 1.62 bits per heavy atom. The first-order valence-electron chi connectivity index (χ1n) is 5.00. The smallest absolute Gasteiger partial charge is 0.267 e. The number of carbonyl (C=O) groups excluding carboxylic acids is 1. The van der Waals surface area contributed by atoms with Crippen LogP contribution >= 0.6 is 23.2 Å². The summed E-state index contributed by atoms with van der Waals surface area (Å²) in [6.07, 6.45) is 1.39. The van der Waals surface area contributed by atoms with Gasteiger partial charge in [0, 0.05) is 12.6 Å². The minimum atomic E-state index is -0.251. The van der Waals surface area contributed by atoms with Crippen LogP contribution in [0.3, 0.4) is 0 Å². The van der Waals surface area contributed by atoms with Gasteiger partial charge in [-0.15, -0.1) is 0 Å². The average molecular weight is 265 g/mol.